The molecule has 10 aromatic rings. The van der Waals surface area contributed by atoms with E-state index in [1.165, 1.54) is 5.30 Å². The maximum Gasteiger partial charge on any atom is 0.167 e. The van der Waals surface area contributed by atoms with Crippen LogP contribution in [-0.4, -0.2) is 19.3 Å². The molecule has 0 aliphatic carbocycles. The lowest BCUT2D eigenvalue weighted by Crippen LogP contribution is -2.42. The molecule has 8 aromatic carbocycles. The molecule has 326 valence electrons. The molecule has 3 heterocycles. The van der Waals surface area contributed by atoms with Crippen LogP contribution < -0.4 is 35.2 Å². The van der Waals surface area contributed by atoms with Gasteiger partial charge in [-0.25, -0.2) is 0 Å². The van der Waals surface area contributed by atoms with E-state index in [9.17, 15) is 5.11 Å². The van der Waals surface area contributed by atoms with Crippen molar-refractivity contribution >= 4 is 80.6 Å². The Morgan fingerprint density at radius 2 is 0.731 bits per heavy atom. The normalized spacial score (nSPS) is 15.0. The Morgan fingerprint density at radius 1 is 0.403 bits per heavy atom. The summed E-state index contributed by atoms with van der Waals surface area (Å²) < 4.78 is 12.2. The molecular weight excluding hydrogens is 880 g/mol. The van der Waals surface area contributed by atoms with Crippen molar-refractivity contribution < 1.29 is 14.6 Å². The van der Waals surface area contributed by atoms with Crippen molar-refractivity contribution in [2.24, 2.45) is 0 Å². The summed E-state index contributed by atoms with van der Waals surface area (Å²) in [4.78, 5) is 8.44. The Morgan fingerprint density at radius 3 is 1.07 bits per heavy atom. The highest BCUT2D eigenvalue weighted by Gasteiger charge is 2.51. The van der Waals surface area contributed by atoms with E-state index in [2.05, 4.69) is 198 Å². The Labute approximate surface area is 400 Å². The first-order valence-corrected chi connectivity index (χ1v) is 25.1. The molecule has 1 aliphatic rings. The fourth-order valence-electron chi connectivity index (χ4n) is 9.17. The second-order valence-electron chi connectivity index (χ2n) is 16.2. The van der Waals surface area contributed by atoms with E-state index in [4.69, 9.17) is 9.47 Å². The average Bonchev–Trinajstić information content (AvgIpc) is 4.06. The molecule has 67 heavy (non-hydrogen) atoms. The molecule has 0 saturated heterocycles. The van der Waals surface area contributed by atoms with Crippen molar-refractivity contribution in [1.29, 1.82) is 0 Å². The molecule has 0 unspecified atom stereocenters. The number of fused-ring (bicyclic) bond motifs is 2. The minimum Gasteiger partial charge on any atom is -0.496 e. The molecule has 0 bridgehead atoms. The summed E-state index contributed by atoms with van der Waals surface area (Å²) in [5, 5.41) is 17.5. The molecule has 0 spiro atoms. The van der Waals surface area contributed by atoms with Gasteiger partial charge in [-0.05, 0) is 121 Å². The third-order valence-corrected chi connectivity index (χ3v) is 17.6. The van der Waals surface area contributed by atoms with Gasteiger partial charge in [0.15, 0.2) is 5.60 Å². The number of hydrogen-bond acceptors (Lipinski definition) is 7. The summed E-state index contributed by atoms with van der Waals surface area (Å²) in [6, 6.07) is 80.6. The summed E-state index contributed by atoms with van der Waals surface area (Å²) in [6.45, 7) is 0. The van der Waals surface area contributed by atoms with Crippen molar-refractivity contribution in [3.63, 3.8) is 0 Å². The van der Waals surface area contributed by atoms with Gasteiger partial charge in [-0.15, -0.1) is 22.7 Å². The number of benzene rings is 8. The molecule has 5 nitrogen and oxygen atoms in total. The van der Waals surface area contributed by atoms with Crippen molar-refractivity contribution in [3.05, 3.63) is 246 Å². The lowest BCUT2D eigenvalue weighted by molar-refractivity contribution is 0.127. The predicted octanol–water partition coefficient (Wildman–Crippen LogP) is 14.5. The van der Waals surface area contributed by atoms with Gasteiger partial charge in [0.05, 0.1) is 29.5 Å². The van der Waals surface area contributed by atoms with Gasteiger partial charge in [0.1, 0.15) is 11.5 Å². The Balaban J connectivity index is 1.06. The lowest BCUT2D eigenvalue weighted by atomic mass is 9.88. The molecule has 0 saturated carbocycles. The minimum absolute atomic E-state index is 0.562. The number of methoxy groups -OCH3 is 2. The maximum atomic E-state index is 14.1. The number of nitrogens with zero attached hydrogens (tertiary/aromatic N) is 2. The first-order chi connectivity index (χ1) is 33.0. The zero-order valence-electron chi connectivity index (χ0n) is 36.9. The van der Waals surface area contributed by atoms with Crippen LogP contribution in [0.25, 0.3) is 20.9 Å². The highest BCUT2D eigenvalue weighted by atomic mass is 32.1. The molecule has 0 atom stereocenters. The molecule has 0 fully saturated rings. The molecule has 1 N–H and O–H groups in total. The minimum atomic E-state index is -1.60. The standard InChI is InChI=1S/C59H45N2O3PS2/c1-63-50-29-18-30-51(64-2)56(50)59(62)57-52(39-54(66-57)41-31-35-47(36-32-41)60(43-19-8-3-9-20-43)44-21-10-4-11-22-44)65(49-27-16-7-17-28-49)53-40-55(67-58(53)59)42-33-37-48(38-34-42)61(45-23-12-5-13-24-45)46-25-14-6-15-26-46/h3-40,62H,1-2H3. The molecule has 1 aliphatic heterocycles. The monoisotopic (exact) mass is 924 g/mol. The van der Waals surface area contributed by atoms with E-state index in [1.807, 2.05) is 42.5 Å². The quantitative estimate of drug-likeness (QED) is 0.124. The second kappa shape index (κ2) is 18.2. The Bertz CT molecular complexity index is 3000. The number of rotatable bonds is 12. The highest BCUT2D eigenvalue weighted by molar-refractivity contribution is 7.81. The zero-order valence-corrected chi connectivity index (χ0v) is 39.4. The van der Waals surface area contributed by atoms with Crippen LogP contribution in [0.3, 0.4) is 0 Å². The fraction of sp³-hybridized carbons (Fsp3) is 0.0508. The summed E-state index contributed by atoms with van der Waals surface area (Å²) >= 11 is 3.29. The summed E-state index contributed by atoms with van der Waals surface area (Å²) in [5.41, 5.74) is 7.59. The van der Waals surface area contributed by atoms with E-state index in [-0.39, 0.29) is 0 Å². The van der Waals surface area contributed by atoms with Gasteiger partial charge in [-0.3, -0.25) is 0 Å². The van der Waals surface area contributed by atoms with Crippen molar-refractivity contribution in [2.75, 3.05) is 24.0 Å². The van der Waals surface area contributed by atoms with Crippen molar-refractivity contribution in [3.8, 4) is 32.4 Å². The molecule has 2 aromatic heterocycles. The van der Waals surface area contributed by atoms with Gasteiger partial charge >= 0.3 is 0 Å². The molecule has 0 radical (unpaired) electrons. The van der Waals surface area contributed by atoms with Gasteiger partial charge in [0.25, 0.3) is 0 Å². The van der Waals surface area contributed by atoms with E-state index in [1.54, 1.807) is 36.9 Å². The van der Waals surface area contributed by atoms with Crippen LogP contribution >= 0.6 is 30.6 Å². The largest absolute Gasteiger partial charge is 0.496 e. The maximum absolute atomic E-state index is 14.1. The summed E-state index contributed by atoms with van der Waals surface area (Å²) in [7, 11) is 2.22. The number of thiophene rings is 2. The van der Waals surface area contributed by atoms with Gasteiger partial charge in [-0.2, -0.15) is 0 Å². The van der Waals surface area contributed by atoms with Crippen LogP contribution in [0, 0.1) is 0 Å². The highest BCUT2D eigenvalue weighted by Crippen LogP contribution is 2.58. The number of para-hydroxylation sites is 4. The first kappa shape index (κ1) is 42.4. The van der Waals surface area contributed by atoms with E-state index < -0.39 is 13.5 Å². The smallest absolute Gasteiger partial charge is 0.167 e. The van der Waals surface area contributed by atoms with Gasteiger partial charge in [0, 0.05) is 54.5 Å². The van der Waals surface area contributed by atoms with Crippen LogP contribution in [0.15, 0.2) is 231 Å². The summed E-state index contributed by atoms with van der Waals surface area (Å²) in [5.74, 6) is 1.12. The van der Waals surface area contributed by atoms with Gasteiger partial charge in [-0.1, -0.05) is 133 Å². The lowest BCUT2D eigenvalue weighted by Gasteiger charge is -2.37. The molecule has 8 heteroatoms. The molecule has 11 rings (SSSR count). The van der Waals surface area contributed by atoms with Crippen molar-refractivity contribution in [2.45, 2.75) is 5.60 Å². The van der Waals surface area contributed by atoms with Crippen LogP contribution in [0.1, 0.15) is 15.3 Å². The number of anilines is 6. The Kier molecular flexibility index (Phi) is 11.5. The first-order valence-electron chi connectivity index (χ1n) is 22.1. The van der Waals surface area contributed by atoms with E-state index in [0.717, 1.165) is 75.4 Å². The third kappa shape index (κ3) is 7.70. The third-order valence-electron chi connectivity index (χ3n) is 12.2. The summed E-state index contributed by atoms with van der Waals surface area (Å²) in [6.07, 6.45) is 0. The zero-order chi connectivity index (χ0) is 45.3. The number of hydrogen-bond donors (Lipinski definition) is 1. The van der Waals surface area contributed by atoms with E-state index >= 15 is 0 Å². The van der Waals surface area contributed by atoms with Crippen LogP contribution in [0.2, 0.25) is 0 Å². The Hall–Kier alpha value is -7.25. The topological polar surface area (TPSA) is 45.2 Å². The van der Waals surface area contributed by atoms with Crippen molar-refractivity contribution in [1.82, 2.24) is 0 Å². The van der Waals surface area contributed by atoms with Crippen LogP contribution in [0.4, 0.5) is 34.1 Å². The van der Waals surface area contributed by atoms with Crippen LogP contribution in [-0.2, 0) is 5.60 Å². The van der Waals surface area contributed by atoms with Gasteiger partial charge < -0.3 is 24.4 Å². The predicted molar refractivity (Wildman–Crippen MR) is 283 cm³/mol. The van der Waals surface area contributed by atoms with Gasteiger partial charge in [0.2, 0.25) is 0 Å². The number of aliphatic hydroxyl groups is 1. The molecular formula is C59H45N2O3PS2. The average molecular weight is 925 g/mol. The fourth-order valence-corrected chi connectivity index (χ4v) is 15.1. The second-order valence-corrected chi connectivity index (χ2v) is 20.4. The SMILES string of the molecule is COc1cccc(OC)c1C1(O)c2sc(-c3ccc(N(c4ccccc4)c4ccccc4)cc3)cc2P(c2ccccc2)c2cc(-c3ccc(N(c4ccccc4)c4ccccc4)cc3)sc21. The molecule has 0 amide bonds. The number of ether oxygens (including phenoxy) is 2. The van der Waals surface area contributed by atoms with Crippen LogP contribution in [0.5, 0.6) is 11.5 Å². The van der Waals surface area contributed by atoms with E-state index in [0.29, 0.717) is 17.1 Å².